The van der Waals surface area contributed by atoms with E-state index in [0.29, 0.717) is 5.75 Å². The highest BCUT2D eigenvalue weighted by molar-refractivity contribution is 9.10. The van der Waals surface area contributed by atoms with Gasteiger partial charge in [0.1, 0.15) is 12.2 Å². The van der Waals surface area contributed by atoms with E-state index in [2.05, 4.69) is 15.9 Å². The standard InChI is InChI=1S/C10H11BrO4/c1-10(14,6-9(12)13)15-8-4-2-3-7(11)5-8/h2-5,14H,6H2,1H3,(H,12,13). The lowest BCUT2D eigenvalue weighted by molar-refractivity contribution is -0.161. The van der Waals surface area contributed by atoms with E-state index in [-0.39, 0.29) is 0 Å². The summed E-state index contributed by atoms with van der Waals surface area (Å²) in [4.78, 5) is 10.4. The fourth-order valence-corrected chi connectivity index (χ4v) is 1.48. The van der Waals surface area contributed by atoms with Crippen LogP contribution in [0, 0.1) is 0 Å². The zero-order chi connectivity index (χ0) is 11.5. The van der Waals surface area contributed by atoms with Crippen LogP contribution < -0.4 is 4.74 Å². The van der Waals surface area contributed by atoms with Crippen molar-refractivity contribution in [2.24, 2.45) is 0 Å². The third kappa shape index (κ3) is 4.31. The molecule has 0 saturated carbocycles. The molecule has 0 fully saturated rings. The molecule has 4 nitrogen and oxygen atoms in total. The maximum atomic E-state index is 10.4. The monoisotopic (exact) mass is 274 g/mol. The molecule has 0 heterocycles. The third-order valence-corrected chi connectivity index (χ3v) is 2.11. The van der Waals surface area contributed by atoms with Crippen molar-refractivity contribution in [3.05, 3.63) is 28.7 Å². The molecule has 1 aromatic carbocycles. The predicted molar refractivity (Wildman–Crippen MR) is 57.6 cm³/mol. The van der Waals surface area contributed by atoms with Crippen LogP contribution in [-0.4, -0.2) is 22.0 Å². The van der Waals surface area contributed by atoms with Gasteiger partial charge in [-0.3, -0.25) is 4.79 Å². The quantitative estimate of drug-likeness (QED) is 0.825. The van der Waals surface area contributed by atoms with Crippen LogP contribution in [0.1, 0.15) is 13.3 Å². The first kappa shape index (κ1) is 12.0. The summed E-state index contributed by atoms with van der Waals surface area (Å²) in [5.74, 6) is -2.40. The van der Waals surface area contributed by atoms with Crippen LogP contribution in [0.2, 0.25) is 0 Å². The van der Waals surface area contributed by atoms with Crippen LogP contribution in [-0.2, 0) is 4.79 Å². The number of hydrogen-bond donors (Lipinski definition) is 2. The molecule has 0 spiro atoms. The van der Waals surface area contributed by atoms with Gasteiger partial charge in [-0.25, -0.2) is 0 Å². The number of carboxylic acids is 1. The van der Waals surface area contributed by atoms with Gasteiger partial charge in [0.15, 0.2) is 0 Å². The molecule has 0 aliphatic heterocycles. The highest BCUT2D eigenvalue weighted by Gasteiger charge is 2.26. The second kappa shape index (κ2) is 4.63. The molecule has 1 aromatic rings. The molecule has 0 amide bonds. The molecular formula is C10H11BrO4. The molecule has 15 heavy (non-hydrogen) atoms. The van der Waals surface area contributed by atoms with E-state index in [9.17, 15) is 9.90 Å². The number of rotatable bonds is 4. The lowest BCUT2D eigenvalue weighted by Crippen LogP contribution is -2.34. The Morgan fingerprint density at radius 3 is 2.80 bits per heavy atom. The molecule has 0 aliphatic rings. The Labute approximate surface area is 95.6 Å². The van der Waals surface area contributed by atoms with E-state index < -0.39 is 18.2 Å². The summed E-state index contributed by atoms with van der Waals surface area (Å²) in [5, 5.41) is 18.1. The highest BCUT2D eigenvalue weighted by atomic mass is 79.9. The normalized spacial score (nSPS) is 14.3. The Morgan fingerprint density at radius 2 is 2.27 bits per heavy atom. The molecule has 0 saturated heterocycles. The zero-order valence-corrected chi connectivity index (χ0v) is 9.69. The van der Waals surface area contributed by atoms with Crippen molar-refractivity contribution in [2.45, 2.75) is 19.1 Å². The van der Waals surface area contributed by atoms with Crippen LogP contribution in [0.15, 0.2) is 28.7 Å². The van der Waals surface area contributed by atoms with Crippen LogP contribution in [0.5, 0.6) is 5.75 Å². The third-order valence-electron chi connectivity index (χ3n) is 1.61. The molecule has 0 aliphatic carbocycles. The van der Waals surface area contributed by atoms with Gasteiger partial charge in [-0.15, -0.1) is 0 Å². The lowest BCUT2D eigenvalue weighted by Gasteiger charge is -2.22. The topological polar surface area (TPSA) is 66.8 Å². The number of benzene rings is 1. The van der Waals surface area contributed by atoms with E-state index in [1.165, 1.54) is 6.92 Å². The minimum absolute atomic E-state index is 0.413. The number of ether oxygens (including phenoxy) is 1. The van der Waals surface area contributed by atoms with E-state index in [1.54, 1.807) is 24.3 Å². The summed E-state index contributed by atoms with van der Waals surface area (Å²) in [7, 11) is 0. The van der Waals surface area contributed by atoms with Crippen molar-refractivity contribution in [2.75, 3.05) is 0 Å². The van der Waals surface area contributed by atoms with E-state index in [1.807, 2.05) is 0 Å². The van der Waals surface area contributed by atoms with E-state index in [4.69, 9.17) is 9.84 Å². The molecule has 0 radical (unpaired) electrons. The van der Waals surface area contributed by atoms with Gasteiger partial charge in [0.2, 0.25) is 5.79 Å². The molecule has 82 valence electrons. The Bertz CT molecular complexity index is 362. The smallest absolute Gasteiger partial charge is 0.310 e. The van der Waals surface area contributed by atoms with Gasteiger partial charge in [-0.05, 0) is 18.2 Å². The molecule has 1 rings (SSSR count). The molecule has 0 aromatic heterocycles. The maximum absolute atomic E-state index is 10.4. The SMILES string of the molecule is CC(O)(CC(=O)O)Oc1cccc(Br)c1. The second-order valence-corrected chi connectivity index (χ2v) is 4.22. The summed E-state index contributed by atoms with van der Waals surface area (Å²) in [6.45, 7) is 1.31. The molecule has 5 heteroatoms. The van der Waals surface area contributed by atoms with Gasteiger partial charge < -0.3 is 14.9 Å². The van der Waals surface area contributed by atoms with Crippen molar-refractivity contribution in [3.63, 3.8) is 0 Å². The van der Waals surface area contributed by atoms with Gasteiger partial charge in [0.25, 0.3) is 0 Å². The minimum Gasteiger partial charge on any atom is -0.481 e. The van der Waals surface area contributed by atoms with E-state index >= 15 is 0 Å². The molecule has 2 N–H and O–H groups in total. The Morgan fingerprint density at radius 1 is 1.60 bits per heavy atom. The van der Waals surface area contributed by atoms with Crippen LogP contribution >= 0.6 is 15.9 Å². The summed E-state index contributed by atoms with van der Waals surface area (Å²) in [6.07, 6.45) is -0.473. The fourth-order valence-electron chi connectivity index (χ4n) is 1.10. The van der Waals surface area contributed by atoms with E-state index in [0.717, 1.165) is 4.47 Å². The number of hydrogen-bond acceptors (Lipinski definition) is 3. The van der Waals surface area contributed by atoms with Gasteiger partial charge >= 0.3 is 5.97 Å². The fraction of sp³-hybridized carbons (Fsp3) is 0.300. The lowest BCUT2D eigenvalue weighted by atomic mass is 10.2. The van der Waals surface area contributed by atoms with Crippen LogP contribution in [0.3, 0.4) is 0 Å². The number of aliphatic carboxylic acids is 1. The number of aliphatic hydroxyl groups is 1. The summed E-state index contributed by atoms with van der Waals surface area (Å²) < 4.78 is 5.94. The van der Waals surface area contributed by atoms with Crippen molar-refractivity contribution >= 4 is 21.9 Å². The number of carbonyl (C=O) groups is 1. The van der Waals surface area contributed by atoms with Gasteiger partial charge in [-0.2, -0.15) is 0 Å². The minimum atomic E-state index is -1.70. The van der Waals surface area contributed by atoms with Crippen molar-refractivity contribution in [1.29, 1.82) is 0 Å². The van der Waals surface area contributed by atoms with Gasteiger partial charge in [-0.1, -0.05) is 22.0 Å². The molecule has 1 atom stereocenters. The van der Waals surface area contributed by atoms with Gasteiger partial charge in [0, 0.05) is 11.4 Å². The van der Waals surface area contributed by atoms with Crippen LogP contribution in [0.25, 0.3) is 0 Å². The average Bonchev–Trinajstić information content (AvgIpc) is 1.99. The summed E-state index contributed by atoms with van der Waals surface area (Å²) in [5.41, 5.74) is 0. The second-order valence-electron chi connectivity index (χ2n) is 3.30. The number of carboxylic acid groups (broad SMARTS) is 1. The Kier molecular flexibility index (Phi) is 3.71. The van der Waals surface area contributed by atoms with Crippen molar-refractivity contribution < 1.29 is 19.7 Å². The summed E-state index contributed by atoms with van der Waals surface area (Å²) >= 11 is 3.24. The zero-order valence-electron chi connectivity index (χ0n) is 8.11. The van der Waals surface area contributed by atoms with Gasteiger partial charge in [0.05, 0.1) is 0 Å². The number of halogens is 1. The van der Waals surface area contributed by atoms with Crippen LogP contribution in [0.4, 0.5) is 0 Å². The first-order chi connectivity index (χ1) is 6.89. The summed E-state index contributed by atoms with van der Waals surface area (Å²) in [6, 6.07) is 6.83. The maximum Gasteiger partial charge on any atom is 0.310 e. The first-order valence-corrected chi connectivity index (χ1v) is 5.07. The highest BCUT2D eigenvalue weighted by Crippen LogP contribution is 2.22. The predicted octanol–water partition coefficient (Wildman–Crippen LogP) is 2.01. The first-order valence-electron chi connectivity index (χ1n) is 4.28. The average molecular weight is 275 g/mol. The Balaban J connectivity index is 2.72. The van der Waals surface area contributed by atoms with Crippen molar-refractivity contribution in [3.8, 4) is 5.75 Å². The molecule has 0 bridgehead atoms. The largest absolute Gasteiger partial charge is 0.481 e. The molecular weight excluding hydrogens is 264 g/mol. The van der Waals surface area contributed by atoms with Crippen molar-refractivity contribution in [1.82, 2.24) is 0 Å². The Hall–Kier alpha value is -1.07. The molecule has 1 unspecified atom stereocenters.